The van der Waals surface area contributed by atoms with Crippen LogP contribution in [0.1, 0.15) is 21.6 Å². The number of halogens is 1. The monoisotopic (exact) mass is 272 g/mol. The van der Waals surface area contributed by atoms with E-state index in [1.54, 1.807) is 18.2 Å². The predicted molar refractivity (Wildman–Crippen MR) is 69.4 cm³/mol. The van der Waals surface area contributed by atoms with Crippen LogP contribution < -0.4 is 5.32 Å². The van der Waals surface area contributed by atoms with E-state index in [1.807, 2.05) is 12.1 Å². The van der Waals surface area contributed by atoms with Gasteiger partial charge in [-0.25, -0.2) is 0 Å². The number of benzene rings is 1. The molecule has 19 heavy (non-hydrogen) atoms. The number of hydrogen-bond acceptors (Lipinski definition) is 4. The lowest BCUT2D eigenvalue weighted by molar-refractivity contribution is 0.0945. The van der Waals surface area contributed by atoms with Gasteiger partial charge in [0.15, 0.2) is 10.8 Å². The maximum atomic E-state index is 11.8. The fraction of sp³-hybridized carbons (Fsp3) is 0.0769. The van der Waals surface area contributed by atoms with Crippen molar-refractivity contribution in [1.82, 2.24) is 15.5 Å². The predicted octanol–water partition coefficient (Wildman–Crippen LogP) is 1.93. The van der Waals surface area contributed by atoms with Crippen LogP contribution in [0.25, 0.3) is 0 Å². The van der Waals surface area contributed by atoms with Crippen molar-refractivity contribution in [3.63, 3.8) is 0 Å². The van der Waals surface area contributed by atoms with Crippen LogP contribution in [0.5, 0.6) is 0 Å². The van der Waals surface area contributed by atoms with E-state index in [2.05, 4.69) is 15.5 Å². The molecule has 6 heteroatoms. The van der Waals surface area contributed by atoms with Crippen molar-refractivity contribution in [2.45, 2.75) is 6.54 Å². The molecule has 0 atom stereocenters. The van der Waals surface area contributed by atoms with Gasteiger partial charge in [-0.1, -0.05) is 23.7 Å². The van der Waals surface area contributed by atoms with Gasteiger partial charge in [-0.2, -0.15) is 5.26 Å². The Hall–Kier alpha value is -2.45. The molecule has 94 valence electrons. The minimum Gasteiger partial charge on any atom is -0.347 e. The maximum absolute atomic E-state index is 11.8. The minimum atomic E-state index is -0.341. The second-order valence-electron chi connectivity index (χ2n) is 3.74. The van der Waals surface area contributed by atoms with Gasteiger partial charge in [0.05, 0.1) is 11.6 Å². The largest absolute Gasteiger partial charge is 0.347 e. The molecule has 1 amide bonds. The highest BCUT2D eigenvalue weighted by Crippen LogP contribution is 2.05. The average Bonchev–Trinajstić information content (AvgIpc) is 2.46. The Labute approximate surface area is 114 Å². The Kier molecular flexibility index (Phi) is 4.06. The molecule has 0 aliphatic carbocycles. The molecule has 5 nitrogen and oxygen atoms in total. The van der Waals surface area contributed by atoms with Crippen LogP contribution in [0.4, 0.5) is 0 Å². The summed E-state index contributed by atoms with van der Waals surface area (Å²) in [4.78, 5) is 11.8. The van der Waals surface area contributed by atoms with Crippen molar-refractivity contribution in [1.29, 1.82) is 5.26 Å². The first-order chi connectivity index (χ1) is 9.19. The Morgan fingerprint density at radius 3 is 2.84 bits per heavy atom. The molecule has 0 saturated carbocycles. The van der Waals surface area contributed by atoms with Crippen molar-refractivity contribution in [2.75, 3.05) is 0 Å². The van der Waals surface area contributed by atoms with Crippen molar-refractivity contribution < 1.29 is 4.79 Å². The highest BCUT2D eigenvalue weighted by atomic mass is 35.5. The summed E-state index contributed by atoms with van der Waals surface area (Å²) in [6, 6.07) is 12.1. The van der Waals surface area contributed by atoms with E-state index in [4.69, 9.17) is 16.9 Å². The van der Waals surface area contributed by atoms with Gasteiger partial charge in [-0.15, -0.1) is 10.2 Å². The summed E-state index contributed by atoms with van der Waals surface area (Å²) in [5.74, 6) is -0.341. The van der Waals surface area contributed by atoms with Crippen molar-refractivity contribution in [3.05, 3.63) is 58.4 Å². The second-order valence-corrected chi connectivity index (χ2v) is 4.12. The van der Waals surface area contributed by atoms with E-state index in [9.17, 15) is 4.79 Å². The molecule has 2 aromatic rings. The first kappa shape index (κ1) is 13.0. The van der Waals surface area contributed by atoms with Gasteiger partial charge in [-0.3, -0.25) is 4.79 Å². The van der Waals surface area contributed by atoms with Crippen LogP contribution in [0.15, 0.2) is 36.4 Å². The van der Waals surface area contributed by atoms with Gasteiger partial charge in [-0.05, 0) is 29.8 Å². The molecule has 2 rings (SSSR count). The van der Waals surface area contributed by atoms with Crippen LogP contribution >= 0.6 is 11.6 Å². The summed E-state index contributed by atoms with van der Waals surface area (Å²) in [5.41, 5.74) is 1.59. The molecule has 0 unspecified atom stereocenters. The molecule has 1 aromatic heterocycles. The highest BCUT2D eigenvalue weighted by molar-refractivity contribution is 6.29. The normalized spacial score (nSPS) is 9.68. The Balaban J connectivity index is 2.00. The fourth-order valence-corrected chi connectivity index (χ4v) is 1.56. The first-order valence-corrected chi connectivity index (χ1v) is 5.83. The molecule has 1 aromatic carbocycles. The number of amides is 1. The molecule has 0 spiro atoms. The van der Waals surface area contributed by atoms with Crippen molar-refractivity contribution in [2.24, 2.45) is 0 Å². The zero-order chi connectivity index (χ0) is 13.7. The number of carbonyl (C=O) groups is 1. The maximum Gasteiger partial charge on any atom is 0.272 e. The van der Waals surface area contributed by atoms with Gasteiger partial charge >= 0.3 is 0 Å². The summed E-state index contributed by atoms with van der Waals surface area (Å²) in [7, 11) is 0. The molecule has 1 N–H and O–H groups in total. The third kappa shape index (κ3) is 3.50. The molecule has 0 saturated heterocycles. The fourth-order valence-electron chi connectivity index (χ4n) is 1.46. The van der Waals surface area contributed by atoms with Crippen LogP contribution in [0.2, 0.25) is 5.15 Å². The molecular weight excluding hydrogens is 264 g/mol. The van der Waals surface area contributed by atoms with Gasteiger partial charge in [0.2, 0.25) is 0 Å². The highest BCUT2D eigenvalue weighted by Gasteiger charge is 2.07. The number of hydrogen-bond donors (Lipinski definition) is 1. The molecule has 0 bridgehead atoms. The molecule has 0 aliphatic heterocycles. The van der Waals surface area contributed by atoms with E-state index in [-0.39, 0.29) is 16.8 Å². The number of nitrogens with one attached hydrogen (secondary N) is 1. The zero-order valence-electron chi connectivity index (χ0n) is 9.80. The number of nitrogens with zero attached hydrogens (tertiary/aromatic N) is 3. The van der Waals surface area contributed by atoms with Crippen molar-refractivity contribution >= 4 is 17.5 Å². The standard InChI is InChI=1S/C13H9ClN4O/c14-12-5-4-11(17-18-12)13(19)16-8-10-3-1-2-9(6-10)7-15/h1-6H,8H2,(H,16,19). The number of nitriles is 1. The summed E-state index contributed by atoms with van der Waals surface area (Å²) in [6.45, 7) is 0.318. The van der Waals surface area contributed by atoms with E-state index in [0.29, 0.717) is 12.1 Å². The van der Waals surface area contributed by atoms with E-state index in [0.717, 1.165) is 5.56 Å². The minimum absolute atomic E-state index is 0.195. The number of rotatable bonds is 3. The van der Waals surface area contributed by atoms with Crippen LogP contribution in [0.3, 0.4) is 0 Å². The molecule has 1 heterocycles. The Morgan fingerprint density at radius 1 is 1.32 bits per heavy atom. The van der Waals surface area contributed by atoms with Crippen LogP contribution in [-0.2, 0) is 6.54 Å². The van der Waals surface area contributed by atoms with E-state index in [1.165, 1.54) is 12.1 Å². The third-order valence-electron chi connectivity index (χ3n) is 2.37. The number of carbonyl (C=O) groups excluding carboxylic acids is 1. The van der Waals surface area contributed by atoms with Gasteiger partial charge < -0.3 is 5.32 Å². The zero-order valence-corrected chi connectivity index (χ0v) is 10.6. The SMILES string of the molecule is N#Cc1cccc(CNC(=O)c2ccc(Cl)nn2)c1. The molecular formula is C13H9ClN4O. The number of aromatic nitrogens is 2. The molecule has 0 fully saturated rings. The summed E-state index contributed by atoms with van der Waals surface area (Å²) < 4.78 is 0. The van der Waals surface area contributed by atoms with Crippen LogP contribution in [0, 0.1) is 11.3 Å². The van der Waals surface area contributed by atoms with Crippen molar-refractivity contribution in [3.8, 4) is 6.07 Å². The lowest BCUT2D eigenvalue weighted by atomic mass is 10.1. The van der Waals surface area contributed by atoms with E-state index >= 15 is 0 Å². The first-order valence-electron chi connectivity index (χ1n) is 5.45. The van der Waals surface area contributed by atoms with Gasteiger partial charge in [0.1, 0.15) is 0 Å². The lowest BCUT2D eigenvalue weighted by Crippen LogP contribution is -2.24. The van der Waals surface area contributed by atoms with E-state index < -0.39 is 0 Å². The van der Waals surface area contributed by atoms with Gasteiger partial charge in [0.25, 0.3) is 5.91 Å². The average molecular weight is 273 g/mol. The summed E-state index contributed by atoms with van der Waals surface area (Å²) in [5, 5.41) is 19.0. The quantitative estimate of drug-likeness (QED) is 0.926. The summed E-state index contributed by atoms with van der Waals surface area (Å²) in [6.07, 6.45) is 0. The smallest absolute Gasteiger partial charge is 0.272 e. The lowest BCUT2D eigenvalue weighted by Gasteiger charge is -2.04. The van der Waals surface area contributed by atoms with Crippen LogP contribution in [-0.4, -0.2) is 16.1 Å². The topological polar surface area (TPSA) is 78.7 Å². The summed E-state index contributed by atoms with van der Waals surface area (Å²) >= 11 is 5.59. The third-order valence-corrected chi connectivity index (χ3v) is 2.58. The second kappa shape index (κ2) is 5.94. The molecule has 0 aliphatic rings. The van der Waals surface area contributed by atoms with Gasteiger partial charge in [0, 0.05) is 6.54 Å². The Morgan fingerprint density at radius 2 is 2.16 bits per heavy atom. The Bertz CT molecular complexity index is 634. The molecule has 0 radical (unpaired) electrons.